The van der Waals surface area contributed by atoms with Crippen molar-refractivity contribution in [2.45, 2.75) is 19.9 Å². The molecule has 0 saturated carbocycles. The van der Waals surface area contributed by atoms with Gasteiger partial charge < -0.3 is 10.1 Å². The van der Waals surface area contributed by atoms with Crippen LogP contribution >= 0.6 is 47.8 Å². The number of ether oxygens (including phenoxy) is 1. The van der Waals surface area contributed by atoms with Gasteiger partial charge in [0.1, 0.15) is 5.75 Å². The first kappa shape index (κ1) is 16.8. The molecule has 0 aliphatic carbocycles. The maximum Gasteiger partial charge on any atom is 0.124 e. The Morgan fingerprint density at radius 1 is 1.00 bits per heavy atom. The van der Waals surface area contributed by atoms with Crippen molar-refractivity contribution in [1.29, 1.82) is 0 Å². The van der Waals surface area contributed by atoms with Crippen LogP contribution in [-0.4, -0.2) is 6.61 Å². The van der Waals surface area contributed by atoms with E-state index in [1.165, 1.54) is 0 Å². The summed E-state index contributed by atoms with van der Waals surface area (Å²) in [6, 6.07) is 12.2. The summed E-state index contributed by atoms with van der Waals surface area (Å²) >= 11 is 10.5. The molecule has 2 aromatic carbocycles. The first-order valence-electron chi connectivity index (χ1n) is 6.70. The molecule has 0 atom stereocenters. The van der Waals surface area contributed by atoms with E-state index >= 15 is 0 Å². The highest BCUT2D eigenvalue weighted by Gasteiger charge is 2.06. The van der Waals surface area contributed by atoms with Crippen LogP contribution in [-0.2, 0) is 6.54 Å². The van der Waals surface area contributed by atoms with Gasteiger partial charge in [-0.2, -0.15) is 0 Å². The molecule has 0 fully saturated rings. The van der Waals surface area contributed by atoms with Gasteiger partial charge in [0.2, 0.25) is 0 Å². The molecule has 1 N–H and O–H groups in total. The molecule has 112 valence electrons. The second-order valence-corrected chi connectivity index (χ2v) is 7.26. The number of nitrogens with one attached hydrogen (secondary N) is 1. The molecule has 0 saturated heterocycles. The minimum Gasteiger partial charge on any atom is -0.493 e. The van der Waals surface area contributed by atoms with E-state index in [4.69, 9.17) is 4.74 Å². The maximum atomic E-state index is 5.80. The summed E-state index contributed by atoms with van der Waals surface area (Å²) in [5.41, 5.74) is 2.19. The summed E-state index contributed by atoms with van der Waals surface area (Å²) in [4.78, 5) is 0. The van der Waals surface area contributed by atoms with Gasteiger partial charge in [-0.3, -0.25) is 0 Å². The third kappa shape index (κ3) is 5.01. The maximum absolute atomic E-state index is 5.80. The molecule has 0 aliphatic rings. The van der Waals surface area contributed by atoms with Crippen LogP contribution in [0, 0.1) is 0 Å². The lowest BCUT2D eigenvalue weighted by Crippen LogP contribution is -2.04. The minimum atomic E-state index is 0.707. The van der Waals surface area contributed by atoms with Crippen molar-refractivity contribution in [2.75, 3.05) is 11.9 Å². The fourth-order valence-corrected chi connectivity index (χ4v) is 3.46. The fourth-order valence-electron chi connectivity index (χ4n) is 1.86. The second-order valence-electron chi connectivity index (χ2n) is 4.58. The van der Waals surface area contributed by atoms with Gasteiger partial charge in [0.15, 0.2) is 0 Å². The summed E-state index contributed by atoms with van der Waals surface area (Å²) in [7, 11) is 0. The summed E-state index contributed by atoms with van der Waals surface area (Å²) in [5.74, 6) is 0.931. The lowest BCUT2D eigenvalue weighted by Gasteiger charge is -2.14. The molecule has 0 unspecified atom stereocenters. The average molecular weight is 478 g/mol. The zero-order chi connectivity index (χ0) is 15.2. The van der Waals surface area contributed by atoms with E-state index in [0.29, 0.717) is 6.54 Å². The third-order valence-corrected chi connectivity index (χ3v) is 4.53. The Kier molecular flexibility index (Phi) is 6.58. The number of halogens is 3. The standard InChI is InChI=1S/C16H16Br3NO/c1-2-7-21-16-6-4-12(17)8-11(16)10-20-15-5-3-13(18)9-14(15)19/h3-6,8-9,20H,2,7,10H2,1H3. The monoisotopic (exact) mass is 475 g/mol. The van der Waals surface area contributed by atoms with E-state index in [9.17, 15) is 0 Å². The van der Waals surface area contributed by atoms with Crippen molar-refractivity contribution < 1.29 is 4.74 Å². The van der Waals surface area contributed by atoms with Gasteiger partial charge >= 0.3 is 0 Å². The summed E-state index contributed by atoms with van der Waals surface area (Å²) in [6.45, 7) is 3.55. The highest BCUT2D eigenvalue weighted by molar-refractivity contribution is 9.11. The molecule has 0 bridgehead atoms. The van der Waals surface area contributed by atoms with Crippen molar-refractivity contribution in [2.24, 2.45) is 0 Å². The molecular formula is C16H16Br3NO. The Hall–Kier alpha value is -0.520. The second kappa shape index (κ2) is 8.20. The quantitative estimate of drug-likeness (QED) is 0.521. The molecule has 21 heavy (non-hydrogen) atoms. The fraction of sp³-hybridized carbons (Fsp3) is 0.250. The first-order valence-corrected chi connectivity index (χ1v) is 9.08. The molecule has 0 aromatic heterocycles. The largest absolute Gasteiger partial charge is 0.493 e. The van der Waals surface area contributed by atoms with Crippen molar-refractivity contribution in [1.82, 2.24) is 0 Å². The average Bonchev–Trinajstić information content (AvgIpc) is 2.45. The zero-order valence-electron chi connectivity index (χ0n) is 11.6. The van der Waals surface area contributed by atoms with Crippen molar-refractivity contribution >= 4 is 53.5 Å². The minimum absolute atomic E-state index is 0.707. The number of hydrogen-bond acceptors (Lipinski definition) is 2. The lowest BCUT2D eigenvalue weighted by atomic mass is 10.2. The third-order valence-electron chi connectivity index (χ3n) is 2.88. The van der Waals surface area contributed by atoms with Crippen LogP contribution in [0.5, 0.6) is 5.75 Å². The summed E-state index contributed by atoms with van der Waals surface area (Å²) in [5, 5.41) is 3.43. The number of anilines is 1. The Bertz CT molecular complexity index is 616. The number of benzene rings is 2. The molecule has 0 amide bonds. The van der Waals surface area contributed by atoms with Gasteiger partial charge in [-0.25, -0.2) is 0 Å². The Balaban J connectivity index is 2.12. The smallest absolute Gasteiger partial charge is 0.124 e. The normalized spacial score (nSPS) is 10.5. The van der Waals surface area contributed by atoms with Gasteiger partial charge in [0.25, 0.3) is 0 Å². The Morgan fingerprint density at radius 2 is 1.71 bits per heavy atom. The van der Waals surface area contributed by atoms with E-state index in [1.807, 2.05) is 30.3 Å². The predicted molar refractivity (Wildman–Crippen MR) is 99.1 cm³/mol. The first-order chi connectivity index (χ1) is 10.1. The van der Waals surface area contributed by atoms with E-state index in [1.54, 1.807) is 0 Å². The summed E-state index contributed by atoms with van der Waals surface area (Å²) < 4.78 is 8.93. The molecule has 2 aromatic rings. The van der Waals surface area contributed by atoms with E-state index in [2.05, 4.69) is 66.1 Å². The Labute approximate surface area is 150 Å². The van der Waals surface area contributed by atoms with Gasteiger partial charge in [0.05, 0.1) is 6.61 Å². The van der Waals surface area contributed by atoms with Crippen LogP contribution in [0.4, 0.5) is 5.69 Å². The van der Waals surface area contributed by atoms with Crippen LogP contribution in [0.25, 0.3) is 0 Å². The highest BCUT2D eigenvalue weighted by Crippen LogP contribution is 2.28. The van der Waals surface area contributed by atoms with Crippen molar-refractivity contribution in [3.63, 3.8) is 0 Å². The molecule has 2 rings (SSSR count). The highest BCUT2D eigenvalue weighted by atomic mass is 79.9. The number of rotatable bonds is 6. The molecule has 2 nitrogen and oxygen atoms in total. The number of hydrogen-bond donors (Lipinski definition) is 1. The molecule has 0 spiro atoms. The van der Waals surface area contributed by atoms with E-state index in [0.717, 1.165) is 43.4 Å². The lowest BCUT2D eigenvalue weighted by molar-refractivity contribution is 0.314. The van der Waals surface area contributed by atoms with E-state index in [-0.39, 0.29) is 0 Å². The molecule has 0 heterocycles. The predicted octanol–water partition coefficient (Wildman–Crippen LogP) is 6.38. The zero-order valence-corrected chi connectivity index (χ0v) is 16.4. The van der Waals surface area contributed by atoms with Crippen LogP contribution in [0.1, 0.15) is 18.9 Å². The summed E-state index contributed by atoms with van der Waals surface area (Å²) in [6.07, 6.45) is 1.00. The van der Waals surface area contributed by atoms with Crippen molar-refractivity contribution in [3.05, 3.63) is 55.4 Å². The van der Waals surface area contributed by atoms with Gasteiger partial charge in [-0.1, -0.05) is 38.8 Å². The molecule has 5 heteroatoms. The Morgan fingerprint density at radius 3 is 2.43 bits per heavy atom. The van der Waals surface area contributed by atoms with Crippen LogP contribution in [0.3, 0.4) is 0 Å². The topological polar surface area (TPSA) is 21.3 Å². The van der Waals surface area contributed by atoms with Crippen LogP contribution < -0.4 is 10.1 Å². The molecule has 0 aliphatic heterocycles. The van der Waals surface area contributed by atoms with Gasteiger partial charge in [-0.15, -0.1) is 0 Å². The van der Waals surface area contributed by atoms with Gasteiger partial charge in [0, 0.05) is 31.2 Å². The molecular weight excluding hydrogens is 462 g/mol. The van der Waals surface area contributed by atoms with Crippen molar-refractivity contribution in [3.8, 4) is 5.75 Å². The van der Waals surface area contributed by atoms with Crippen LogP contribution in [0.15, 0.2) is 49.8 Å². The van der Waals surface area contributed by atoms with Crippen LogP contribution in [0.2, 0.25) is 0 Å². The van der Waals surface area contributed by atoms with E-state index < -0.39 is 0 Å². The van der Waals surface area contributed by atoms with Gasteiger partial charge in [-0.05, 0) is 58.7 Å². The molecule has 0 radical (unpaired) electrons. The SMILES string of the molecule is CCCOc1ccc(Br)cc1CNc1ccc(Br)cc1Br.